The minimum absolute atomic E-state index is 0.150. The first-order valence-corrected chi connectivity index (χ1v) is 9.16. The fourth-order valence-electron chi connectivity index (χ4n) is 3.70. The first-order valence-electron chi connectivity index (χ1n) is 9.16. The number of nitrogens with zero attached hydrogens (tertiary/aromatic N) is 3. The van der Waals surface area contributed by atoms with Gasteiger partial charge in [0.2, 0.25) is 5.91 Å². The number of carbonyl (C=O) groups is 3. The van der Waals surface area contributed by atoms with Gasteiger partial charge in [-0.15, -0.1) is 0 Å². The molecule has 3 heterocycles. The lowest BCUT2D eigenvalue weighted by Gasteiger charge is -2.36. The molecule has 2 saturated heterocycles. The number of furan rings is 1. The van der Waals surface area contributed by atoms with Crippen LogP contribution in [0.1, 0.15) is 17.0 Å². The number of hydrogen-bond acceptors (Lipinski definition) is 6. The van der Waals surface area contributed by atoms with Gasteiger partial charge in [-0.25, -0.2) is 4.90 Å². The van der Waals surface area contributed by atoms with E-state index in [1.54, 1.807) is 48.4 Å². The van der Waals surface area contributed by atoms with E-state index in [0.29, 0.717) is 43.4 Å². The molecular weight excluding hydrogens is 362 g/mol. The molecule has 1 atom stereocenters. The van der Waals surface area contributed by atoms with Crippen molar-refractivity contribution in [1.29, 1.82) is 0 Å². The number of piperazine rings is 1. The van der Waals surface area contributed by atoms with E-state index in [9.17, 15) is 14.4 Å². The lowest BCUT2D eigenvalue weighted by atomic mass is 10.1. The highest BCUT2D eigenvalue weighted by Crippen LogP contribution is 2.28. The van der Waals surface area contributed by atoms with Crippen molar-refractivity contribution >= 4 is 23.4 Å². The summed E-state index contributed by atoms with van der Waals surface area (Å²) in [6.07, 6.45) is 1.62. The van der Waals surface area contributed by atoms with Crippen LogP contribution in [-0.2, 0) is 9.59 Å². The van der Waals surface area contributed by atoms with Gasteiger partial charge >= 0.3 is 0 Å². The van der Waals surface area contributed by atoms with E-state index < -0.39 is 6.04 Å². The van der Waals surface area contributed by atoms with E-state index >= 15 is 0 Å². The molecule has 0 N–H and O–H groups in total. The summed E-state index contributed by atoms with van der Waals surface area (Å²) in [4.78, 5) is 42.7. The number of rotatable bonds is 4. The Morgan fingerprint density at radius 2 is 1.79 bits per heavy atom. The van der Waals surface area contributed by atoms with E-state index in [-0.39, 0.29) is 24.1 Å². The maximum atomic E-state index is 12.9. The second-order valence-corrected chi connectivity index (χ2v) is 6.79. The van der Waals surface area contributed by atoms with Crippen LogP contribution in [0.4, 0.5) is 5.69 Å². The van der Waals surface area contributed by atoms with E-state index in [4.69, 9.17) is 9.15 Å². The molecule has 0 unspecified atom stereocenters. The molecular formula is C20H21N3O5. The van der Waals surface area contributed by atoms with Gasteiger partial charge in [-0.05, 0) is 36.4 Å². The molecule has 2 aromatic rings. The normalized spacial score (nSPS) is 20.7. The van der Waals surface area contributed by atoms with Crippen LogP contribution in [0.2, 0.25) is 0 Å². The molecule has 0 spiro atoms. The SMILES string of the molecule is COc1ccc(N2C(=O)C[C@@H](N3CCN(C(=O)c4ccco4)CC3)C2=O)cc1. The Morgan fingerprint density at radius 3 is 2.39 bits per heavy atom. The standard InChI is InChI=1S/C20H21N3O5/c1-27-15-6-4-14(5-7-15)23-18(24)13-16(19(23)25)21-8-10-22(11-9-21)20(26)17-3-2-12-28-17/h2-7,12,16H,8-11,13H2,1H3/t16-/m1/s1. The predicted molar refractivity (Wildman–Crippen MR) is 100 cm³/mol. The molecule has 4 rings (SSSR count). The second kappa shape index (κ2) is 7.47. The topological polar surface area (TPSA) is 83.3 Å². The van der Waals surface area contributed by atoms with E-state index in [1.807, 2.05) is 4.90 Å². The third kappa shape index (κ3) is 3.27. The van der Waals surface area contributed by atoms with Crippen LogP contribution in [0.25, 0.3) is 0 Å². The van der Waals surface area contributed by atoms with Gasteiger partial charge < -0.3 is 14.1 Å². The minimum Gasteiger partial charge on any atom is -0.497 e. The molecule has 146 valence electrons. The van der Waals surface area contributed by atoms with Crippen LogP contribution < -0.4 is 9.64 Å². The van der Waals surface area contributed by atoms with Gasteiger partial charge in [-0.3, -0.25) is 19.3 Å². The number of imide groups is 1. The fourth-order valence-corrected chi connectivity index (χ4v) is 3.70. The molecule has 0 bridgehead atoms. The van der Waals surface area contributed by atoms with E-state index in [2.05, 4.69) is 0 Å². The van der Waals surface area contributed by atoms with E-state index in [0.717, 1.165) is 0 Å². The average Bonchev–Trinajstić information content (AvgIpc) is 3.36. The Balaban J connectivity index is 1.41. The van der Waals surface area contributed by atoms with Crippen LogP contribution in [-0.4, -0.2) is 66.9 Å². The Bertz CT molecular complexity index is 870. The fraction of sp³-hybridized carbons (Fsp3) is 0.350. The van der Waals surface area contributed by atoms with Gasteiger partial charge in [-0.1, -0.05) is 0 Å². The molecule has 2 aliphatic heterocycles. The van der Waals surface area contributed by atoms with Crippen molar-refractivity contribution < 1.29 is 23.5 Å². The van der Waals surface area contributed by atoms with Gasteiger partial charge in [-0.2, -0.15) is 0 Å². The molecule has 0 aliphatic carbocycles. The number of carbonyl (C=O) groups excluding carboxylic acids is 3. The zero-order valence-electron chi connectivity index (χ0n) is 15.5. The van der Waals surface area contributed by atoms with Crippen molar-refractivity contribution in [3.05, 3.63) is 48.4 Å². The molecule has 8 nitrogen and oxygen atoms in total. The number of methoxy groups -OCH3 is 1. The largest absolute Gasteiger partial charge is 0.497 e. The summed E-state index contributed by atoms with van der Waals surface area (Å²) in [5, 5.41) is 0. The van der Waals surface area contributed by atoms with Crippen LogP contribution >= 0.6 is 0 Å². The smallest absolute Gasteiger partial charge is 0.289 e. The van der Waals surface area contributed by atoms with Gasteiger partial charge in [0.15, 0.2) is 5.76 Å². The van der Waals surface area contributed by atoms with Crippen LogP contribution in [0, 0.1) is 0 Å². The third-order valence-electron chi connectivity index (χ3n) is 5.23. The number of anilines is 1. The highest BCUT2D eigenvalue weighted by atomic mass is 16.5. The minimum atomic E-state index is -0.490. The summed E-state index contributed by atoms with van der Waals surface area (Å²) >= 11 is 0. The summed E-state index contributed by atoms with van der Waals surface area (Å²) in [6, 6.07) is 9.69. The number of benzene rings is 1. The number of ether oxygens (including phenoxy) is 1. The highest BCUT2D eigenvalue weighted by molar-refractivity contribution is 6.22. The Kier molecular flexibility index (Phi) is 4.87. The van der Waals surface area contributed by atoms with Gasteiger partial charge in [0.05, 0.1) is 31.5 Å². The summed E-state index contributed by atoms with van der Waals surface area (Å²) in [7, 11) is 1.56. The molecule has 28 heavy (non-hydrogen) atoms. The molecule has 8 heteroatoms. The summed E-state index contributed by atoms with van der Waals surface area (Å²) in [5.74, 6) is 0.386. The zero-order chi connectivity index (χ0) is 19.7. The van der Waals surface area contributed by atoms with E-state index in [1.165, 1.54) is 11.2 Å². The zero-order valence-corrected chi connectivity index (χ0v) is 15.5. The quantitative estimate of drug-likeness (QED) is 0.742. The van der Waals surface area contributed by atoms with Crippen molar-refractivity contribution in [2.75, 3.05) is 38.2 Å². The molecule has 3 amide bonds. The van der Waals surface area contributed by atoms with Crippen LogP contribution in [0.3, 0.4) is 0 Å². The highest BCUT2D eigenvalue weighted by Gasteiger charge is 2.43. The molecule has 0 radical (unpaired) electrons. The Hall–Kier alpha value is -3.13. The monoisotopic (exact) mass is 383 g/mol. The van der Waals surface area contributed by atoms with Crippen molar-refractivity contribution in [1.82, 2.24) is 9.80 Å². The van der Waals surface area contributed by atoms with Crippen LogP contribution in [0.15, 0.2) is 47.1 Å². The van der Waals surface area contributed by atoms with Crippen molar-refractivity contribution in [3.8, 4) is 5.75 Å². The lowest BCUT2D eigenvalue weighted by Crippen LogP contribution is -2.53. The summed E-state index contributed by atoms with van der Waals surface area (Å²) in [5.41, 5.74) is 0.546. The first-order chi connectivity index (χ1) is 13.6. The van der Waals surface area contributed by atoms with Crippen molar-refractivity contribution in [2.24, 2.45) is 0 Å². The molecule has 2 aliphatic rings. The summed E-state index contributed by atoms with van der Waals surface area (Å²) < 4.78 is 10.3. The number of amides is 3. The van der Waals surface area contributed by atoms with Crippen molar-refractivity contribution in [3.63, 3.8) is 0 Å². The molecule has 1 aromatic carbocycles. The van der Waals surface area contributed by atoms with Gasteiger partial charge in [0, 0.05) is 26.2 Å². The number of hydrogen-bond donors (Lipinski definition) is 0. The lowest BCUT2D eigenvalue weighted by molar-refractivity contribution is -0.123. The summed E-state index contributed by atoms with van der Waals surface area (Å²) in [6.45, 7) is 2.04. The van der Waals surface area contributed by atoms with Gasteiger partial charge in [0.25, 0.3) is 11.8 Å². The Labute approximate surface area is 162 Å². The molecule has 0 saturated carbocycles. The second-order valence-electron chi connectivity index (χ2n) is 6.79. The Morgan fingerprint density at radius 1 is 1.07 bits per heavy atom. The maximum Gasteiger partial charge on any atom is 0.289 e. The average molecular weight is 383 g/mol. The van der Waals surface area contributed by atoms with Gasteiger partial charge in [0.1, 0.15) is 5.75 Å². The van der Waals surface area contributed by atoms with Crippen molar-refractivity contribution in [2.45, 2.75) is 12.5 Å². The predicted octanol–water partition coefficient (Wildman–Crippen LogP) is 1.38. The molecule has 2 fully saturated rings. The first kappa shape index (κ1) is 18.2. The van der Waals surface area contributed by atoms with Crippen LogP contribution in [0.5, 0.6) is 5.75 Å². The third-order valence-corrected chi connectivity index (χ3v) is 5.23. The maximum absolute atomic E-state index is 12.9. The molecule has 1 aromatic heterocycles.